The lowest BCUT2D eigenvalue weighted by Gasteiger charge is -2.18. The third kappa shape index (κ3) is 7.85. The molecule has 1 aliphatic heterocycles. The first-order valence-corrected chi connectivity index (χ1v) is 11.5. The van der Waals surface area contributed by atoms with Crippen LogP contribution in [0, 0.1) is 5.92 Å². The predicted molar refractivity (Wildman–Crippen MR) is 146 cm³/mol. The Morgan fingerprint density at radius 1 is 1.03 bits per heavy atom. The van der Waals surface area contributed by atoms with Crippen LogP contribution < -0.4 is 10.6 Å². The lowest BCUT2D eigenvalue weighted by Crippen LogP contribution is -2.40. The molecule has 0 aliphatic carbocycles. The Kier molecular flexibility index (Phi) is 10.2. The number of likely N-dealkylation sites (tertiary alicyclic amines) is 1. The molecule has 7 heteroatoms. The van der Waals surface area contributed by atoms with Crippen molar-refractivity contribution in [3.8, 4) is 0 Å². The minimum Gasteiger partial charge on any atom is -0.356 e. The van der Waals surface area contributed by atoms with Crippen molar-refractivity contribution in [1.82, 2.24) is 25.3 Å². The molecule has 1 fully saturated rings. The Bertz CT molecular complexity index is 973. The van der Waals surface area contributed by atoms with E-state index in [9.17, 15) is 0 Å². The van der Waals surface area contributed by atoms with Crippen LogP contribution in [0.25, 0.3) is 0 Å². The minimum atomic E-state index is 0. The fraction of sp³-hybridized carbons (Fsp3) is 0.385. The zero-order valence-corrected chi connectivity index (χ0v) is 21.7. The summed E-state index contributed by atoms with van der Waals surface area (Å²) >= 11 is 0. The number of benzene rings is 2. The van der Waals surface area contributed by atoms with E-state index in [1.54, 1.807) is 0 Å². The van der Waals surface area contributed by atoms with Gasteiger partial charge in [-0.2, -0.15) is 5.10 Å². The van der Waals surface area contributed by atoms with Crippen LogP contribution in [-0.2, 0) is 19.5 Å². The van der Waals surface area contributed by atoms with Gasteiger partial charge in [0, 0.05) is 45.6 Å². The van der Waals surface area contributed by atoms with E-state index in [1.165, 1.54) is 29.7 Å². The largest absolute Gasteiger partial charge is 0.356 e. The van der Waals surface area contributed by atoms with Crippen molar-refractivity contribution in [2.45, 2.75) is 25.9 Å². The first kappa shape index (κ1) is 25.2. The zero-order chi connectivity index (χ0) is 22.0. The van der Waals surface area contributed by atoms with Crippen molar-refractivity contribution in [1.29, 1.82) is 0 Å². The Morgan fingerprint density at radius 2 is 1.82 bits per heavy atom. The molecule has 0 radical (unpaired) electrons. The molecular formula is C26H35IN6. The molecule has 1 unspecified atom stereocenters. The first-order valence-electron chi connectivity index (χ1n) is 11.5. The van der Waals surface area contributed by atoms with E-state index in [4.69, 9.17) is 0 Å². The van der Waals surface area contributed by atoms with Gasteiger partial charge in [-0.25, -0.2) is 0 Å². The first-order chi connectivity index (χ1) is 15.8. The van der Waals surface area contributed by atoms with E-state index in [0.717, 1.165) is 45.1 Å². The van der Waals surface area contributed by atoms with Crippen molar-refractivity contribution in [3.05, 3.63) is 89.7 Å². The topological polar surface area (TPSA) is 57.5 Å². The van der Waals surface area contributed by atoms with Gasteiger partial charge < -0.3 is 15.5 Å². The molecule has 33 heavy (non-hydrogen) atoms. The number of guanidine groups is 1. The molecule has 1 aromatic heterocycles. The number of rotatable bonds is 9. The maximum atomic E-state index is 4.43. The highest BCUT2D eigenvalue weighted by atomic mass is 127. The highest BCUT2D eigenvalue weighted by Gasteiger charge is 2.22. The lowest BCUT2D eigenvalue weighted by atomic mass is 10.1. The van der Waals surface area contributed by atoms with Gasteiger partial charge in [0.15, 0.2) is 5.96 Å². The summed E-state index contributed by atoms with van der Waals surface area (Å²) in [5.74, 6) is 1.53. The molecule has 6 nitrogen and oxygen atoms in total. The molecule has 0 bridgehead atoms. The smallest absolute Gasteiger partial charge is 0.191 e. The van der Waals surface area contributed by atoms with Crippen molar-refractivity contribution < 1.29 is 0 Å². The quantitative estimate of drug-likeness (QED) is 0.239. The average molecular weight is 559 g/mol. The minimum absolute atomic E-state index is 0. The summed E-state index contributed by atoms with van der Waals surface area (Å²) in [7, 11) is 1.84. The second kappa shape index (κ2) is 13.3. The molecule has 176 valence electrons. The van der Waals surface area contributed by atoms with Gasteiger partial charge in [-0.3, -0.25) is 9.67 Å². The molecule has 0 saturated carbocycles. The van der Waals surface area contributed by atoms with Crippen LogP contribution in [0.4, 0.5) is 0 Å². The van der Waals surface area contributed by atoms with Gasteiger partial charge in [0.05, 0.1) is 6.54 Å². The van der Waals surface area contributed by atoms with Crippen LogP contribution in [0.15, 0.2) is 78.0 Å². The van der Waals surface area contributed by atoms with Gasteiger partial charge in [0.2, 0.25) is 0 Å². The predicted octanol–water partition coefficient (Wildman–Crippen LogP) is 3.78. The summed E-state index contributed by atoms with van der Waals surface area (Å²) in [6, 6.07) is 21.2. The Balaban J connectivity index is 0.00000306. The van der Waals surface area contributed by atoms with Gasteiger partial charge in [-0.1, -0.05) is 54.6 Å². The van der Waals surface area contributed by atoms with E-state index in [2.05, 4.69) is 80.2 Å². The molecule has 1 saturated heterocycles. The van der Waals surface area contributed by atoms with Gasteiger partial charge >= 0.3 is 0 Å². The number of hydrogen-bond donors (Lipinski definition) is 2. The van der Waals surface area contributed by atoms with Gasteiger partial charge in [-0.05, 0) is 48.1 Å². The number of nitrogens with one attached hydrogen (secondary N) is 2. The van der Waals surface area contributed by atoms with E-state index in [0.29, 0.717) is 5.92 Å². The highest BCUT2D eigenvalue weighted by Crippen LogP contribution is 2.16. The summed E-state index contributed by atoms with van der Waals surface area (Å²) in [6.45, 7) is 5.95. The number of nitrogens with zero attached hydrogens (tertiary/aromatic N) is 4. The van der Waals surface area contributed by atoms with Crippen LogP contribution in [0.1, 0.15) is 23.1 Å². The maximum Gasteiger partial charge on any atom is 0.191 e. The van der Waals surface area contributed by atoms with Crippen LogP contribution in [0.3, 0.4) is 0 Å². The maximum absolute atomic E-state index is 4.43. The zero-order valence-electron chi connectivity index (χ0n) is 19.4. The van der Waals surface area contributed by atoms with Gasteiger partial charge in [-0.15, -0.1) is 24.0 Å². The van der Waals surface area contributed by atoms with Crippen molar-refractivity contribution in [3.63, 3.8) is 0 Å². The van der Waals surface area contributed by atoms with E-state index in [-0.39, 0.29) is 24.0 Å². The lowest BCUT2D eigenvalue weighted by molar-refractivity contribution is 0.328. The summed E-state index contributed by atoms with van der Waals surface area (Å²) in [4.78, 5) is 7.01. The fourth-order valence-electron chi connectivity index (χ4n) is 4.31. The summed E-state index contributed by atoms with van der Waals surface area (Å²) < 4.78 is 1.95. The van der Waals surface area contributed by atoms with Crippen molar-refractivity contribution in [2.75, 3.05) is 33.2 Å². The molecule has 3 aromatic rings. The highest BCUT2D eigenvalue weighted by molar-refractivity contribution is 14.0. The Hall–Kier alpha value is -2.39. The monoisotopic (exact) mass is 558 g/mol. The molecule has 2 aromatic carbocycles. The second-order valence-electron chi connectivity index (χ2n) is 8.47. The third-order valence-corrected chi connectivity index (χ3v) is 6.17. The summed E-state index contributed by atoms with van der Waals surface area (Å²) in [5.41, 5.74) is 3.95. The number of aromatic nitrogens is 2. The van der Waals surface area contributed by atoms with E-state index < -0.39 is 0 Å². The van der Waals surface area contributed by atoms with Crippen molar-refractivity contribution >= 4 is 29.9 Å². The number of halogens is 1. The normalized spacial score (nSPS) is 16.4. The van der Waals surface area contributed by atoms with E-state index in [1.807, 2.05) is 30.2 Å². The average Bonchev–Trinajstić information content (AvgIpc) is 3.52. The van der Waals surface area contributed by atoms with Crippen LogP contribution in [-0.4, -0.2) is 53.9 Å². The summed E-state index contributed by atoms with van der Waals surface area (Å²) in [6.07, 6.45) is 6.18. The third-order valence-electron chi connectivity index (χ3n) is 6.17. The van der Waals surface area contributed by atoms with Crippen LogP contribution >= 0.6 is 24.0 Å². The summed E-state index contributed by atoms with van der Waals surface area (Å²) in [5, 5.41) is 11.3. The molecule has 4 rings (SSSR count). The Labute approximate surface area is 214 Å². The fourth-order valence-corrected chi connectivity index (χ4v) is 4.31. The molecule has 2 N–H and O–H groups in total. The number of hydrogen-bond acceptors (Lipinski definition) is 3. The van der Waals surface area contributed by atoms with Crippen molar-refractivity contribution in [2.24, 2.45) is 10.9 Å². The molecule has 0 amide bonds. The standard InChI is InChI=1S/C26H34N6.HI/c1-27-26(29-19-24-10-5-6-11-25(24)21-32-15-7-14-30-32)28-18-23-13-17-31(20-23)16-12-22-8-3-2-4-9-22;/h2-11,14-15,23H,12-13,16-21H2,1H3,(H2,27,28,29);1H. The molecule has 2 heterocycles. The molecule has 1 atom stereocenters. The molecule has 1 aliphatic rings. The Morgan fingerprint density at radius 3 is 2.58 bits per heavy atom. The van der Waals surface area contributed by atoms with Gasteiger partial charge in [0.1, 0.15) is 0 Å². The molecule has 0 spiro atoms. The molecular weight excluding hydrogens is 523 g/mol. The van der Waals surface area contributed by atoms with E-state index >= 15 is 0 Å². The number of aliphatic imine (C=N–C) groups is 1. The SMILES string of the molecule is CN=C(NCc1ccccc1Cn1cccn1)NCC1CCN(CCc2ccccc2)C1.I. The van der Waals surface area contributed by atoms with Crippen LogP contribution in [0.2, 0.25) is 0 Å². The van der Waals surface area contributed by atoms with Crippen LogP contribution in [0.5, 0.6) is 0 Å². The second-order valence-corrected chi connectivity index (χ2v) is 8.47. The van der Waals surface area contributed by atoms with Gasteiger partial charge in [0.25, 0.3) is 0 Å².